The quantitative estimate of drug-likeness (QED) is 0.618. The van der Waals surface area contributed by atoms with Crippen molar-refractivity contribution in [1.29, 1.82) is 5.26 Å². The van der Waals surface area contributed by atoms with Crippen molar-refractivity contribution in [3.8, 4) is 6.07 Å². The molecule has 0 saturated carbocycles. The van der Waals surface area contributed by atoms with Crippen molar-refractivity contribution in [3.05, 3.63) is 34.6 Å². The minimum absolute atomic E-state index is 0.103. The number of benzene rings is 1. The fourth-order valence-electron chi connectivity index (χ4n) is 1.61. The molecule has 0 radical (unpaired) electrons. The smallest absolute Gasteiger partial charge is 0.257 e. The van der Waals surface area contributed by atoms with Crippen LogP contribution in [0.2, 0.25) is 0 Å². The number of amides is 1. The van der Waals surface area contributed by atoms with E-state index in [-0.39, 0.29) is 17.0 Å². The highest BCUT2D eigenvalue weighted by molar-refractivity contribution is 5.98. The lowest BCUT2D eigenvalue weighted by Crippen LogP contribution is -2.18. The number of nitriles is 1. The van der Waals surface area contributed by atoms with Gasteiger partial charge in [-0.1, -0.05) is 0 Å². The number of hydrogen-bond acceptors (Lipinski definition) is 2. The van der Waals surface area contributed by atoms with E-state index in [0.717, 1.165) is 6.07 Å². The molecule has 0 aromatic heterocycles. The van der Waals surface area contributed by atoms with Crippen LogP contribution in [0.1, 0.15) is 21.5 Å². The predicted molar refractivity (Wildman–Crippen MR) is 46.9 cm³/mol. The summed E-state index contributed by atoms with van der Waals surface area (Å²) < 4.78 is 13.4. The van der Waals surface area contributed by atoms with Gasteiger partial charge < -0.3 is 4.90 Å². The van der Waals surface area contributed by atoms with Gasteiger partial charge in [0.05, 0.1) is 17.2 Å². The second-order valence-corrected chi connectivity index (χ2v) is 3.27. The Balaban J connectivity index is 2.64. The Hall–Kier alpha value is -1.89. The molecule has 1 amide bonds. The highest BCUT2D eigenvalue weighted by Crippen LogP contribution is 2.25. The highest BCUT2D eigenvalue weighted by Gasteiger charge is 2.28. The Morgan fingerprint density at radius 3 is 2.93 bits per heavy atom. The lowest BCUT2D eigenvalue weighted by atomic mass is 10.1. The topological polar surface area (TPSA) is 44.1 Å². The molecule has 0 N–H and O–H groups in total. The van der Waals surface area contributed by atoms with Crippen LogP contribution in [-0.4, -0.2) is 17.9 Å². The predicted octanol–water partition coefficient (Wildman–Crippen LogP) is 1.28. The van der Waals surface area contributed by atoms with Gasteiger partial charge in [0.2, 0.25) is 0 Å². The molecular formula is C10H7FN2O. The highest BCUT2D eigenvalue weighted by atomic mass is 19.1. The van der Waals surface area contributed by atoms with Crippen molar-refractivity contribution >= 4 is 5.91 Å². The van der Waals surface area contributed by atoms with E-state index >= 15 is 0 Å². The maximum atomic E-state index is 13.4. The van der Waals surface area contributed by atoms with E-state index in [0.29, 0.717) is 12.1 Å². The van der Waals surface area contributed by atoms with E-state index in [1.165, 1.54) is 4.90 Å². The van der Waals surface area contributed by atoms with E-state index < -0.39 is 5.82 Å². The van der Waals surface area contributed by atoms with E-state index in [4.69, 9.17) is 5.26 Å². The molecule has 0 atom stereocenters. The van der Waals surface area contributed by atoms with Gasteiger partial charge in [-0.3, -0.25) is 4.79 Å². The number of carbonyl (C=O) groups is 1. The molecule has 1 aliphatic heterocycles. The van der Waals surface area contributed by atoms with Crippen LogP contribution in [0.4, 0.5) is 4.39 Å². The zero-order valence-corrected chi connectivity index (χ0v) is 7.54. The lowest BCUT2D eigenvalue weighted by Gasteiger charge is -2.04. The molecule has 0 fully saturated rings. The molecule has 1 aliphatic rings. The molecule has 1 aromatic carbocycles. The fraction of sp³-hybridized carbons (Fsp3) is 0.200. The Morgan fingerprint density at radius 1 is 1.57 bits per heavy atom. The van der Waals surface area contributed by atoms with Gasteiger partial charge in [0.1, 0.15) is 5.82 Å². The first kappa shape index (κ1) is 8.70. The van der Waals surface area contributed by atoms with Crippen molar-refractivity contribution in [3.63, 3.8) is 0 Å². The lowest BCUT2D eigenvalue weighted by molar-refractivity contribution is 0.0813. The van der Waals surface area contributed by atoms with E-state index in [9.17, 15) is 9.18 Å². The number of nitrogens with zero attached hydrogens (tertiary/aromatic N) is 2. The van der Waals surface area contributed by atoms with Gasteiger partial charge in [-0.15, -0.1) is 0 Å². The van der Waals surface area contributed by atoms with Crippen molar-refractivity contribution in [2.45, 2.75) is 6.54 Å². The standard InChI is InChI=1S/C10H7FN2O/c1-13-5-7-2-6(4-12)3-8(11)9(7)10(13)14/h2-3H,5H2,1H3. The van der Waals surface area contributed by atoms with Crippen molar-refractivity contribution in [2.24, 2.45) is 0 Å². The molecule has 70 valence electrons. The van der Waals surface area contributed by atoms with Crippen LogP contribution in [0, 0.1) is 17.1 Å². The average Bonchev–Trinajstić information content (AvgIpc) is 2.43. The van der Waals surface area contributed by atoms with Crippen molar-refractivity contribution in [2.75, 3.05) is 7.05 Å². The minimum Gasteiger partial charge on any atom is -0.337 e. The largest absolute Gasteiger partial charge is 0.337 e. The van der Waals surface area contributed by atoms with E-state index in [1.807, 2.05) is 6.07 Å². The van der Waals surface area contributed by atoms with Gasteiger partial charge in [-0.05, 0) is 17.7 Å². The maximum absolute atomic E-state index is 13.4. The van der Waals surface area contributed by atoms with Crippen LogP contribution in [0.15, 0.2) is 12.1 Å². The number of carbonyl (C=O) groups excluding carboxylic acids is 1. The zero-order valence-electron chi connectivity index (χ0n) is 7.54. The molecule has 3 nitrogen and oxygen atoms in total. The SMILES string of the molecule is CN1Cc2cc(C#N)cc(F)c2C1=O. The molecule has 1 aromatic rings. The Labute approximate surface area is 80.4 Å². The van der Waals surface area contributed by atoms with Crippen LogP contribution in [0.5, 0.6) is 0 Å². The van der Waals surface area contributed by atoms with Crippen LogP contribution in [-0.2, 0) is 6.54 Å². The summed E-state index contributed by atoms with van der Waals surface area (Å²) in [5.41, 5.74) is 0.949. The Bertz CT molecular complexity index is 462. The van der Waals surface area contributed by atoms with E-state index in [1.54, 1.807) is 13.1 Å². The summed E-state index contributed by atoms with van der Waals surface area (Å²) in [4.78, 5) is 12.8. The first-order valence-corrected chi connectivity index (χ1v) is 4.11. The molecule has 0 spiro atoms. The van der Waals surface area contributed by atoms with Crippen LogP contribution in [0.3, 0.4) is 0 Å². The zero-order chi connectivity index (χ0) is 10.3. The normalized spacial score (nSPS) is 14.1. The molecule has 0 bridgehead atoms. The Morgan fingerprint density at radius 2 is 2.29 bits per heavy atom. The van der Waals surface area contributed by atoms with Gasteiger partial charge in [0.25, 0.3) is 5.91 Å². The number of hydrogen-bond donors (Lipinski definition) is 0. The number of rotatable bonds is 0. The van der Waals surface area contributed by atoms with Crippen molar-refractivity contribution in [1.82, 2.24) is 4.90 Å². The van der Waals surface area contributed by atoms with Gasteiger partial charge in [-0.25, -0.2) is 4.39 Å². The molecular weight excluding hydrogens is 183 g/mol. The fourth-order valence-corrected chi connectivity index (χ4v) is 1.61. The molecule has 4 heteroatoms. The van der Waals surface area contributed by atoms with Crippen LogP contribution < -0.4 is 0 Å². The Kier molecular flexibility index (Phi) is 1.74. The summed E-state index contributed by atoms with van der Waals surface area (Å²) in [6, 6.07) is 4.51. The minimum atomic E-state index is -0.603. The maximum Gasteiger partial charge on any atom is 0.257 e. The summed E-state index contributed by atoms with van der Waals surface area (Å²) in [6.45, 7) is 0.376. The first-order chi connectivity index (χ1) is 6.63. The van der Waals surface area contributed by atoms with Gasteiger partial charge in [0, 0.05) is 13.6 Å². The third kappa shape index (κ3) is 1.06. The third-order valence-corrected chi connectivity index (χ3v) is 2.27. The number of fused-ring (bicyclic) bond motifs is 1. The summed E-state index contributed by atoms with van der Waals surface area (Å²) in [6.07, 6.45) is 0. The van der Waals surface area contributed by atoms with Crippen LogP contribution >= 0.6 is 0 Å². The third-order valence-electron chi connectivity index (χ3n) is 2.27. The summed E-state index contributed by atoms with van der Waals surface area (Å²) in [7, 11) is 1.60. The summed E-state index contributed by atoms with van der Waals surface area (Å²) in [5.74, 6) is -0.921. The number of halogens is 1. The molecule has 0 unspecified atom stereocenters. The van der Waals surface area contributed by atoms with E-state index in [2.05, 4.69) is 0 Å². The average molecular weight is 190 g/mol. The molecule has 1 heterocycles. The first-order valence-electron chi connectivity index (χ1n) is 4.11. The summed E-state index contributed by atoms with van der Waals surface area (Å²) in [5, 5.41) is 8.61. The monoisotopic (exact) mass is 190 g/mol. The summed E-state index contributed by atoms with van der Waals surface area (Å²) >= 11 is 0. The molecule has 0 saturated heterocycles. The van der Waals surface area contributed by atoms with Crippen LogP contribution in [0.25, 0.3) is 0 Å². The molecule has 2 rings (SSSR count). The molecule has 0 aliphatic carbocycles. The second kappa shape index (κ2) is 2.81. The molecule has 14 heavy (non-hydrogen) atoms. The van der Waals surface area contributed by atoms with Gasteiger partial charge in [-0.2, -0.15) is 5.26 Å². The van der Waals surface area contributed by atoms with Gasteiger partial charge >= 0.3 is 0 Å². The second-order valence-electron chi connectivity index (χ2n) is 3.27. The van der Waals surface area contributed by atoms with Gasteiger partial charge in [0.15, 0.2) is 0 Å². The van der Waals surface area contributed by atoms with Crippen molar-refractivity contribution < 1.29 is 9.18 Å².